The van der Waals surface area contributed by atoms with Crippen molar-refractivity contribution in [3.8, 4) is 0 Å². The van der Waals surface area contributed by atoms with Crippen molar-refractivity contribution in [3.05, 3.63) is 29.8 Å². The maximum atomic E-state index is 12.2. The number of hydrogen-bond acceptors (Lipinski definition) is 3. The molecule has 2 amide bonds. The number of rotatable bonds is 4. The monoisotopic (exact) mass is 276 g/mol. The summed E-state index contributed by atoms with van der Waals surface area (Å²) < 4.78 is 5.09. The quantitative estimate of drug-likeness (QED) is 0.830. The lowest BCUT2D eigenvalue weighted by atomic mass is 10.2. The smallest absolute Gasteiger partial charge is 0.249 e. The summed E-state index contributed by atoms with van der Waals surface area (Å²) in [6.07, 6.45) is 0. The van der Waals surface area contributed by atoms with Gasteiger partial charge in [0.2, 0.25) is 11.8 Å². The Bertz CT molecular complexity index is 484. The van der Waals surface area contributed by atoms with Crippen molar-refractivity contribution in [3.63, 3.8) is 0 Å². The maximum Gasteiger partial charge on any atom is 0.249 e. The van der Waals surface area contributed by atoms with Gasteiger partial charge in [0.15, 0.2) is 0 Å². The summed E-state index contributed by atoms with van der Waals surface area (Å²) in [5.41, 5.74) is 2.05. The lowest BCUT2D eigenvalue weighted by molar-refractivity contribution is -0.140. The van der Waals surface area contributed by atoms with Crippen molar-refractivity contribution < 1.29 is 14.3 Å². The summed E-state index contributed by atoms with van der Waals surface area (Å²) in [6.45, 7) is 5.60. The average Bonchev–Trinajstić information content (AvgIpc) is 2.46. The minimum Gasteiger partial charge on any atom is -0.372 e. The third-order valence-electron chi connectivity index (χ3n) is 3.35. The molecule has 1 aliphatic heterocycles. The maximum absolute atomic E-state index is 12.2. The van der Waals surface area contributed by atoms with Crippen molar-refractivity contribution in [2.24, 2.45) is 0 Å². The number of carbonyl (C=O) groups excluding carboxylic acids is 2. The first-order valence-electron chi connectivity index (χ1n) is 6.84. The van der Waals surface area contributed by atoms with Crippen LogP contribution in [0.3, 0.4) is 0 Å². The van der Waals surface area contributed by atoms with E-state index < -0.39 is 0 Å². The summed E-state index contributed by atoms with van der Waals surface area (Å²) in [6, 6.07) is 7.83. The fourth-order valence-corrected chi connectivity index (χ4v) is 2.16. The Kier molecular flexibility index (Phi) is 4.74. The van der Waals surface area contributed by atoms with Crippen LogP contribution in [0.2, 0.25) is 0 Å². The molecule has 1 saturated heterocycles. The van der Waals surface area contributed by atoms with Crippen molar-refractivity contribution in [1.82, 2.24) is 4.90 Å². The summed E-state index contributed by atoms with van der Waals surface area (Å²) >= 11 is 0. The van der Waals surface area contributed by atoms with Crippen LogP contribution in [-0.4, -0.2) is 49.6 Å². The molecule has 0 spiro atoms. The van der Waals surface area contributed by atoms with E-state index in [1.54, 1.807) is 9.80 Å². The molecule has 0 unspecified atom stereocenters. The van der Waals surface area contributed by atoms with Crippen LogP contribution in [0.5, 0.6) is 0 Å². The van der Waals surface area contributed by atoms with Crippen molar-refractivity contribution in [1.29, 1.82) is 0 Å². The van der Waals surface area contributed by atoms with Gasteiger partial charge in [0, 0.05) is 25.4 Å². The predicted molar refractivity (Wildman–Crippen MR) is 76.6 cm³/mol. The zero-order chi connectivity index (χ0) is 14.5. The van der Waals surface area contributed by atoms with E-state index >= 15 is 0 Å². The number of benzene rings is 1. The summed E-state index contributed by atoms with van der Waals surface area (Å²) in [4.78, 5) is 27.3. The zero-order valence-corrected chi connectivity index (χ0v) is 12.0. The van der Waals surface area contributed by atoms with Gasteiger partial charge >= 0.3 is 0 Å². The van der Waals surface area contributed by atoms with Gasteiger partial charge in [0.05, 0.1) is 0 Å². The number of anilines is 1. The molecule has 0 bridgehead atoms. The van der Waals surface area contributed by atoms with Crippen molar-refractivity contribution in [2.45, 2.75) is 13.8 Å². The van der Waals surface area contributed by atoms with Gasteiger partial charge in [0.25, 0.3) is 0 Å². The van der Waals surface area contributed by atoms with Crippen LogP contribution in [0, 0.1) is 6.92 Å². The first-order chi connectivity index (χ1) is 9.61. The molecule has 0 atom stereocenters. The molecule has 1 heterocycles. The second kappa shape index (κ2) is 6.52. The largest absolute Gasteiger partial charge is 0.372 e. The highest BCUT2D eigenvalue weighted by Gasteiger charge is 2.27. The number of piperazine rings is 1. The third-order valence-corrected chi connectivity index (χ3v) is 3.35. The van der Waals surface area contributed by atoms with Crippen LogP contribution in [0.1, 0.15) is 12.5 Å². The molecule has 0 saturated carbocycles. The van der Waals surface area contributed by atoms with Gasteiger partial charge < -0.3 is 14.5 Å². The summed E-state index contributed by atoms with van der Waals surface area (Å²) in [5.74, 6) is -0.172. The molecule has 2 rings (SSSR count). The summed E-state index contributed by atoms with van der Waals surface area (Å²) in [5, 5.41) is 0. The summed E-state index contributed by atoms with van der Waals surface area (Å²) in [7, 11) is 0. The fraction of sp³-hybridized carbons (Fsp3) is 0.467. The van der Waals surface area contributed by atoms with Crippen LogP contribution < -0.4 is 4.90 Å². The molecule has 0 aromatic heterocycles. The first kappa shape index (κ1) is 14.5. The standard InChI is InChI=1S/C15H20N2O3/c1-3-20-11-15(19)16-8-9-17(14(18)10-16)13-6-4-12(2)5-7-13/h4-7H,3,8-11H2,1-2H3. The molecule has 1 aliphatic rings. The van der Waals surface area contributed by atoms with E-state index in [2.05, 4.69) is 0 Å². The molecule has 5 nitrogen and oxygen atoms in total. The molecule has 0 radical (unpaired) electrons. The lowest BCUT2D eigenvalue weighted by Gasteiger charge is -2.34. The van der Waals surface area contributed by atoms with E-state index in [-0.39, 0.29) is 25.0 Å². The molecule has 1 aromatic rings. The zero-order valence-electron chi connectivity index (χ0n) is 12.0. The molecule has 0 N–H and O–H groups in total. The number of nitrogens with zero attached hydrogens (tertiary/aromatic N) is 2. The van der Waals surface area contributed by atoms with Crippen LogP contribution in [0.25, 0.3) is 0 Å². The van der Waals surface area contributed by atoms with E-state index in [0.29, 0.717) is 19.7 Å². The van der Waals surface area contributed by atoms with Gasteiger partial charge in [-0.25, -0.2) is 0 Å². The van der Waals surface area contributed by atoms with Crippen LogP contribution in [0.4, 0.5) is 5.69 Å². The molecule has 0 aliphatic carbocycles. The van der Waals surface area contributed by atoms with Crippen LogP contribution >= 0.6 is 0 Å². The van der Waals surface area contributed by atoms with E-state index in [9.17, 15) is 9.59 Å². The van der Waals surface area contributed by atoms with Crippen LogP contribution in [0.15, 0.2) is 24.3 Å². The Labute approximate surface area is 119 Å². The average molecular weight is 276 g/mol. The number of carbonyl (C=O) groups is 2. The highest BCUT2D eigenvalue weighted by atomic mass is 16.5. The topological polar surface area (TPSA) is 49.9 Å². The highest BCUT2D eigenvalue weighted by molar-refractivity contribution is 5.98. The fourth-order valence-electron chi connectivity index (χ4n) is 2.16. The van der Waals surface area contributed by atoms with Crippen molar-refractivity contribution in [2.75, 3.05) is 37.7 Å². The molecular formula is C15H20N2O3. The molecule has 1 aromatic carbocycles. The van der Waals surface area contributed by atoms with Gasteiger partial charge in [-0.1, -0.05) is 17.7 Å². The Hall–Kier alpha value is -1.88. The van der Waals surface area contributed by atoms with E-state index in [1.807, 2.05) is 38.1 Å². The van der Waals surface area contributed by atoms with Crippen LogP contribution in [-0.2, 0) is 14.3 Å². The van der Waals surface area contributed by atoms with Gasteiger partial charge in [-0.15, -0.1) is 0 Å². The number of ether oxygens (including phenoxy) is 1. The van der Waals surface area contributed by atoms with E-state index in [1.165, 1.54) is 0 Å². The predicted octanol–water partition coefficient (Wildman–Crippen LogP) is 1.21. The van der Waals surface area contributed by atoms with Gasteiger partial charge in [0.1, 0.15) is 13.2 Å². The third kappa shape index (κ3) is 3.36. The number of hydrogen-bond donors (Lipinski definition) is 0. The molecular weight excluding hydrogens is 256 g/mol. The Morgan fingerprint density at radius 2 is 1.95 bits per heavy atom. The minimum atomic E-state index is -0.122. The molecule has 1 fully saturated rings. The highest BCUT2D eigenvalue weighted by Crippen LogP contribution is 2.18. The van der Waals surface area contributed by atoms with E-state index in [4.69, 9.17) is 4.74 Å². The van der Waals surface area contributed by atoms with Gasteiger partial charge in [-0.2, -0.15) is 0 Å². The molecule has 20 heavy (non-hydrogen) atoms. The Balaban J connectivity index is 1.97. The van der Waals surface area contributed by atoms with Gasteiger partial charge in [-0.05, 0) is 26.0 Å². The second-order valence-corrected chi connectivity index (χ2v) is 4.83. The minimum absolute atomic E-state index is 0.0499. The number of amides is 2. The second-order valence-electron chi connectivity index (χ2n) is 4.83. The lowest BCUT2D eigenvalue weighted by Crippen LogP contribution is -2.53. The van der Waals surface area contributed by atoms with Gasteiger partial charge in [-0.3, -0.25) is 9.59 Å². The normalized spacial score (nSPS) is 15.6. The molecule has 5 heteroatoms. The Morgan fingerprint density at radius 3 is 2.55 bits per heavy atom. The van der Waals surface area contributed by atoms with E-state index in [0.717, 1.165) is 11.3 Å². The SMILES string of the molecule is CCOCC(=O)N1CCN(c2ccc(C)cc2)C(=O)C1. The molecule has 108 valence electrons. The first-order valence-corrected chi connectivity index (χ1v) is 6.84. The van der Waals surface area contributed by atoms with Crippen molar-refractivity contribution >= 4 is 17.5 Å². The Morgan fingerprint density at radius 1 is 1.25 bits per heavy atom. The number of aryl methyl sites for hydroxylation is 1.